The van der Waals surface area contributed by atoms with Crippen molar-refractivity contribution in [1.82, 2.24) is 15.3 Å². The van der Waals surface area contributed by atoms with Gasteiger partial charge >= 0.3 is 0 Å². The molecule has 1 aliphatic rings. The van der Waals surface area contributed by atoms with Crippen molar-refractivity contribution in [3.05, 3.63) is 17.0 Å². The third-order valence-corrected chi connectivity index (χ3v) is 2.37. The zero-order valence-corrected chi connectivity index (χ0v) is 7.80. The van der Waals surface area contributed by atoms with Gasteiger partial charge in [0.15, 0.2) is 0 Å². The highest BCUT2D eigenvalue weighted by molar-refractivity contribution is 5.33. The quantitative estimate of drug-likeness (QED) is 0.647. The lowest BCUT2D eigenvalue weighted by molar-refractivity contribution is 0.619. The highest BCUT2D eigenvalue weighted by Gasteiger charge is 2.14. The number of anilines is 1. The van der Waals surface area contributed by atoms with E-state index < -0.39 is 0 Å². The minimum atomic E-state index is 0.414. The second-order valence-corrected chi connectivity index (χ2v) is 3.23. The van der Waals surface area contributed by atoms with Crippen LogP contribution in [0.4, 0.5) is 5.95 Å². The zero-order valence-electron chi connectivity index (χ0n) is 7.80. The topological polar surface area (TPSA) is 63.8 Å². The summed E-state index contributed by atoms with van der Waals surface area (Å²) in [5, 5.41) is 3.31. The van der Waals surface area contributed by atoms with Crippen LogP contribution < -0.4 is 11.1 Å². The maximum absolute atomic E-state index is 5.62. The molecular weight excluding hydrogens is 164 g/mol. The van der Waals surface area contributed by atoms with Crippen molar-refractivity contribution < 1.29 is 0 Å². The number of nitrogens with one attached hydrogen (secondary N) is 1. The van der Waals surface area contributed by atoms with E-state index in [1.165, 1.54) is 5.56 Å². The van der Waals surface area contributed by atoms with Crippen molar-refractivity contribution in [2.24, 2.45) is 0 Å². The number of nitrogen functional groups attached to an aromatic ring is 1. The summed E-state index contributed by atoms with van der Waals surface area (Å²) in [6.45, 7) is 3.97. The molecule has 1 aromatic rings. The predicted molar refractivity (Wildman–Crippen MR) is 51.2 cm³/mol. The van der Waals surface area contributed by atoms with E-state index in [1.54, 1.807) is 0 Å². The van der Waals surface area contributed by atoms with E-state index in [2.05, 4.69) is 22.2 Å². The van der Waals surface area contributed by atoms with Gasteiger partial charge in [0.05, 0.1) is 11.4 Å². The lowest BCUT2D eigenvalue weighted by Crippen LogP contribution is -2.26. The second-order valence-electron chi connectivity index (χ2n) is 3.23. The molecule has 70 valence electrons. The van der Waals surface area contributed by atoms with Gasteiger partial charge in [0.1, 0.15) is 0 Å². The highest BCUT2D eigenvalue weighted by atomic mass is 15.0. The maximum atomic E-state index is 5.62. The Balaban J connectivity index is 2.50. The van der Waals surface area contributed by atoms with E-state index in [1.807, 2.05) is 0 Å². The molecule has 0 aromatic carbocycles. The molecule has 0 aliphatic carbocycles. The monoisotopic (exact) mass is 178 g/mol. The van der Waals surface area contributed by atoms with Gasteiger partial charge < -0.3 is 11.1 Å². The van der Waals surface area contributed by atoms with Gasteiger partial charge in [0.25, 0.3) is 0 Å². The molecule has 0 saturated carbocycles. The van der Waals surface area contributed by atoms with Gasteiger partial charge in [-0.1, -0.05) is 6.92 Å². The van der Waals surface area contributed by atoms with E-state index in [0.29, 0.717) is 5.95 Å². The Morgan fingerprint density at radius 3 is 3.08 bits per heavy atom. The van der Waals surface area contributed by atoms with Crippen LogP contribution >= 0.6 is 0 Å². The molecular formula is C9H14N4. The first-order chi connectivity index (χ1) is 6.31. The van der Waals surface area contributed by atoms with Crippen LogP contribution in [-0.4, -0.2) is 16.5 Å². The Morgan fingerprint density at radius 1 is 1.46 bits per heavy atom. The molecule has 0 bridgehead atoms. The van der Waals surface area contributed by atoms with Gasteiger partial charge in [-0.05, 0) is 6.42 Å². The van der Waals surface area contributed by atoms with E-state index in [4.69, 9.17) is 5.73 Å². The molecule has 4 heteroatoms. The molecule has 0 radical (unpaired) electrons. The molecule has 2 rings (SSSR count). The average molecular weight is 178 g/mol. The van der Waals surface area contributed by atoms with Crippen LogP contribution in [0.2, 0.25) is 0 Å². The largest absolute Gasteiger partial charge is 0.368 e. The number of hydrogen-bond donors (Lipinski definition) is 2. The van der Waals surface area contributed by atoms with E-state index in [0.717, 1.165) is 37.3 Å². The van der Waals surface area contributed by atoms with Crippen molar-refractivity contribution in [2.75, 3.05) is 12.3 Å². The summed E-state index contributed by atoms with van der Waals surface area (Å²) in [7, 11) is 0. The van der Waals surface area contributed by atoms with Crippen LogP contribution in [0.1, 0.15) is 23.9 Å². The summed E-state index contributed by atoms with van der Waals surface area (Å²) in [5.41, 5.74) is 9.09. The summed E-state index contributed by atoms with van der Waals surface area (Å²) >= 11 is 0. The lowest BCUT2D eigenvalue weighted by atomic mass is 10.0. The Morgan fingerprint density at radius 2 is 2.31 bits per heavy atom. The SMILES string of the molecule is CCc1nc(N)nc2c1CNCC2. The van der Waals surface area contributed by atoms with Crippen molar-refractivity contribution in [2.45, 2.75) is 26.3 Å². The average Bonchev–Trinajstić information content (AvgIpc) is 2.16. The number of nitrogens with zero attached hydrogens (tertiary/aromatic N) is 2. The molecule has 3 N–H and O–H groups in total. The lowest BCUT2D eigenvalue weighted by Gasteiger charge is -2.18. The van der Waals surface area contributed by atoms with E-state index >= 15 is 0 Å². The minimum Gasteiger partial charge on any atom is -0.368 e. The van der Waals surface area contributed by atoms with Crippen molar-refractivity contribution in [1.29, 1.82) is 0 Å². The van der Waals surface area contributed by atoms with Crippen molar-refractivity contribution in [3.63, 3.8) is 0 Å². The Kier molecular flexibility index (Phi) is 2.14. The van der Waals surface area contributed by atoms with Gasteiger partial charge in [-0.15, -0.1) is 0 Å². The van der Waals surface area contributed by atoms with E-state index in [-0.39, 0.29) is 0 Å². The van der Waals surface area contributed by atoms with Crippen LogP contribution in [0, 0.1) is 0 Å². The molecule has 0 saturated heterocycles. The van der Waals surface area contributed by atoms with Gasteiger partial charge in [0.2, 0.25) is 5.95 Å². The molecule has 0 atom stereocenters. The Labute approximate surface area is 77.6 Å². The Bertz CT molecular complexity index is 304. The highest BCUT2D eigenvalue weighted by Crippen LogP contribution is 2.16. The number of nitrogens with two attached hydrogens (primary N) is 1. The first kappa shape index (κ1) is 8.44. The first-order valence-corrected chi connectivity index (χ1v) is 4.66. The van der Waals surface area contributed by atoms with Crippen LogP contribution in [-0.2, 0) is 19.4 Å². The molecule has 0 spiro atoms. The standard InChI is InChI=1S/C9H14N4/c1-2-7-6-5-11-4-3-8(6)13-9(10)12-7/h11H,2-5H2,1H3,(H2,10,12,13). The van der Waals surface area contributed by atoms with Crippen LogP contribution in [0.5, 0.6) is 0 Å². The third kappa shape index (κ3) is 1.49. The summed E-state index contributed by atoms with van der Waals surface area (Å²) in [4.78, 5) is 8.48. The number of aromatic nitrogens is 2. The maximum Gasteiger partial charge on any atom is 0.220 e. The second kappa shape index (κ2) is 3.30. The summed E-state index contributed by atoms with van der Waals surface area (Å²) in [5.74, 6) is 0.414. The van der Waals surface area contributed by atoms with Gasteiger partial charge in [-0.25, -0.2) is 9.97 Å². The molecule has 0 fully saturated rings. The fraction of sp³-hybridized carbons (Fsp3) is 0.556. The summed E-state index contributed by atoms with van der Waals surface area (Å²) in [6.07, 6.45) is 1.89. The summed E-state index contributed by atoms with van der Waals surface area (Å²) < 4.78 is 0. The third-order valence-electron chi connectivity index (χ3n) is 2.37. The molecule has 0 amide bonds. The zero-order chi connectivity index (χ0) is 9.26. The first-order valence-electron chi connectivity index (χ1n) is 4.66. The van der Waals surface area contributed by atoms with E-state index in [9.17, 15) is 0 Å². The van der Waals surface area contributed by atoms with Crippen LogP contribution in [0.25, 0.3) is 0 Å². The van der Waals surface area contributed by atoms with Gasteiger partial charge in [-0.3, -0.25) is 0 Å². The fourth-order valence-corrected chi connectivity index (χ4v) is 1.73. The number of fused-ring (bicyclic) bond motifs is 1. The number of hydrogen-bond acceptors (Lipinski definition) is 4. The minimum absolute atomic E-state index is 0.414. The fourth-order valence-electron chi connectivity index (χ4n) is 1.73. The van der Waals surface area contributed by atoms with Gasteiger partial charge in [-0.2, -0.15) is 0 Å². The summed E-state index contributed by atoms with van der Waals surface area (Å²) in [6, 6.07) is 0. The van der Waals surface area contributed by atoms with Crippen molar-refractivity contribution in [3.8, 4) is 0 Å². The molecule has 4 nitrogen and oxygen atoms in total. The number of rotatable bonds is 1. The normalized spacial score (nSPS) is 15.5. The predicted octanol–water partition coefficient (Wildman–Crippen LogP) is 0.267. The molecule has 13 heavy (non-hydrogen) atoms. The molecule has 1 aliphatic heterocycles. The molecule has 1 aromatic heterocycles. The smallest absolute Gasteiger partial charge is 0.220 e. The molecule has 2 heterocycles. The van der Waals surface area contributed by atoms with Crippen LogP contribution in [0.15, 0.2) is 0 Å². The number of aryl methyl sites for hydroxylation is 1. The van der Waals surface area contributed by atoms with Crippen molar-refractivity contribution >= 4 is 5.95 Å². The van der Waals surface area contributed by atoms with Gasteiger partial charge in [0, 0.05) is 25.1 Å². The molecule has 0 unspecified atom stereocenters. The Hall–Kier alpha value is -1.16. The van der Waals surface area contributed by atoms with Crippen LogP contribution in [0.3, 0.4) is 0 Å².